The lowest BCUT2D eigenvalue weighted by Gasteiger charge is -2.14. The molecule has 2 atom stereocenters. The van der Waals surface area contributed by atoms with Gasteiger partial charge in [-0.1, -0.05) is 12.2 Å². The van der Waals surface area contributed by atoms with Gasteiger partial charge in [0.15, 0.2) is 0 Å². The largest absolute Gasteiger partial charge is 0.478 e. The first-order chi connectivity index (χ1) is 9.59. The summed E-state index contributed by atoms with van der Waals surface area (Å²) in [6.45, 7) is 0. The molecule has 5 heteroatoms. The summed E-state index contributed by atoms with van der Waals surface area (Å²) in [5.74, 6) is -1.95. The van der Waals surface area contributed by atoms with Crippen LogP contribution in [0.25, 0.3) is 0 Å². The molecule has 102 valence electrons. The van der Waals surface area contributed by atoms with Crippen LogP contribution >= 0.6 is 0 Å². The number of hydrogen-bond acceptors (Lipinski definition) is 3. The van der Waals surface area contributed by atoms with Crippen molar-refractivity contribution in [2.45, 2.75) is 12.8 Å². The van der Waals surface area contributed by atoms with Crippen LogP contribution in [-0.2, 0) is 9.59 Å². The van der Waals surface area contributed by atoms with E-state index in [0.717, 1.165) is 0 Å². The van der Waals surface area contributed by atoms with E-state index in [2.05, 4.69) is 0 Å². The molecule has 1 aromatic carbocycles. The van der Waals surface area contributed by atoms with Crippen molar-refractivity contribution in [3.05, 3.63) is 42.0 Å². The van der Waals surface area contributed by atoms with Crippen LogP contribution in [0.1, 0.15) is 23.2 Å². The van der Waals surface area contributed by atoms with E-state index in [1.807, 2.05) is 12.2 Å². The van der Waals surface area contributed by atoms with Crippen LogP contribution in [-0.4, -0.2) is 22.9 Å². The number of amides is 2. The summed E-state index contributed by atoms with van der Waals surface area (Å²) in [6.07, 6.45) is 5.06. The van der Waals surface area contributed by atoms with Crippen LogP contribution in [0, 0.1) is 11.8 Å². The molecular weight excluding hydrogens is 258 g/mol. The van der Waals surface area contributed by atoms with Crippen molar-refractivity contribution in [2.24, 2.45) is 11.8 Å². The van der Waals surface area contributed by atoms with Gasteiger partial charge in [-0.25, -0.2) is 4.79 Å². The summed E-state index contributed by atoms with van der Waals surface area (Å²) >= 11 is 0. The van der Waals surface area contributed by atoms with E-state index in [-0.39, 0.29) is 29.2 Å². The number of carbonyl (C=O) groups excluding carboxylic acids is 2. The molecule has 1 aliphatic heterocycles. The van der Waals surface area contributed by atoms with Crippen molar-refractivity contribution < 1.29 is 19.5 Å². The Kier molecular flexibility index (Phi) is 2.89. The average Bonchev–Trinajstić information content (AvgIpc) is 2.72. The minimum absolute atomic E-state index is 0.131. The van der Waals surface area contributed by atoms with Gasteiger partial charge in [-0.2, -0.15) is 0 Å². The lowest BCUT2D eigenvalue weighted by atomic mass is 9.85. The number of anilines is 1. The van der Waals surface area contributed by atoms with Gasteiger partial charge >= 0.3 is 5.97 Å². The Morgan fingerprint density at radius 1 is 1.00 bits per heavy atom. The number of benzene rings is 1. The van der Waals surface area contributed by atoms with E-state index in [1.165, 1.54) is 29.2 Å². The number of carboxylic acid groups (broad SMARTS) is 1. The molecule has 20 heavy (non-hydrogen) atoms. The van der Waals surface area contributed by atoms with Crippen LogP contribution in [0.5, 0.6) is 0 Å². The van der Waals surface area contributed by atoms with Gasteiger partial charge in [0.05, 0.1) is 23.1 Å². The average molecular weight is 271 g/mol. The zero-order valence-corrected chi connectivity index (χ0v) is 10.7. The van der Waals surface area contributed by atoms with Crippen LogP contribution < -0.4 is 4.90 Å². The Hall–Kier alpha value is -2.43. The van der Waals surface area contributed by atoms with Gasteiger partial charge in [0.1, 0.15) is 0 Å². The molecule has 1 aliphatic carbocycles. The Balaban J connectivity index is 1.92. The van der Waals surface area contributed by atoms with Gasteiger partial charge in [-0.15, -0.1) is 0 Å². The molecule has 1 heterocycles. The molecule has 1 aromatic rings. The molecule has 3 rings (SSSR count). The Morgan fingerprint density at radius 2 is 1.50 bits per heavy atom. The van der Waals surface area contributed by atoms with E-state index in [1.54, 1.807) is 0 Å². The smallest absolute Gasteiger partial charge is 0.335 e. The van der Waals surface area contributed by atoms with Crippen LogP contribution in [0.4, 0.5) is 5.69 Å². The van der Waals surface area contributed by atoms with E-state index in [4.69, 9.17) is 5.11 Å². The van der Waals surface area contributed by atoms with Gasteiger partial charge in [0.25, 0.3) is 0 Å². The third kappa shape index (κ3) is 1.82. The van der Waals surface area contributed by atoms with Crippen LogP contribution in [0.15, 0.2) is 36.4 Å². The predicted octanol–water partition coefficient (Wildman–Crippen LogP) is 1.84. The molecule has 1 saturated heterocycles. The van der Waals surface area contributed by atoms with Crippen LogP contribution in [0.3, 0.4) is 0 Å². The van der Waals surface area contributed by atoms with Crippen molar-refractivity contribution in [1.29, 1.82) is 0 Å². The summed E-state index contributed by atoms with van der Waals surface area (Å²) < 4.78 is 0. The van der Waals surface area contributed by atoms with E-state index >= 15 is 0 Å². The molecule has 1 fully saturated rings. The molecule has 0 aromatic heterocycles. The highest BCUT2D eigenvalue weighted by atomic mass is 16.4. The second kappa shape index (κ2) is 4.59. The third-order valence-corrected chi connectivity index (χ3v) is 3.88. The summed E-state index contributed by atoms with van der Waals surface area (Å²) in [7, 11) is 0. The molecule has 0 unspecified atom stereocenters. The first kappa shape index (κ1) is 12.6. The summed E-state index contributed by atoms with van der Waals surface area (Å²) in [5.41, 5.74) is 0.575. The van der Waals surface area contributed by atoms with E-state index < -0.39 is 5.97 Å². The molecule has 2 aliphatic rings. The van der Waals surface area contributed by atoms with Crippen molar-refractivity contribution in [1.82, 2.24) is 0 Å². The molecular formula is C15H13NO4. The van der Waals surface area contributed by atoms with Gasteiger partial charge < -0.3 is 5.11 Å². The van der Waals surface area contributed by atoms with Crippen molar-refractivity contribution in [3.63, 3.8) is 0 Å². The Morgan fingerprint density at radius 3 is 1.95 bits per heavy atom. The van der Waals surface area contributed by atoms with Crippen LogP contribution in [0.2, 0.25) is 0 Å². The van der Waals surface area contributed by atoms with Crippen molar-refractivity contribution >= 4 is 23.5 Å². The van der Waals surface area contributed by atoms with Gasteiger partial charge in [-0.05, 0) is 37.1 Å². The summed E-state index contributed by atoms with van der Waals surface area (Å²) in [5, 5.41) is 8.86. The SMILES string of the molecule is O=C(O)c1ccc(N2C(=O)[C@@H]3CC=CC[C@H]3C2=O)cc1. The fraction of sp³-hybridized carbons (Fsp3) is 0.267. The Labute approximate surface area is 115 Å². The number of imide groups is 1. The molecule has 0 saturated carbocycles. The minimum atomic E-state index is -1.03. The number of fused-ring (bicyclic) bond motifs is 1. The second-order valence-corrected chi connectivity index (χ2v) is 5.02. The zero-order chi connectivity index (χ0) is 14.3. The highest BCUT2D eigenvalue weighted by molar-refractivity contribution is 6.22. The molecule has 5 nitrogen and oxygen atoms in total. The fourth-order valence-electron chi connectivity index (χ4n) is 2.81. The number of rotatable bonds is 2. The topological polar surface area (TPSA) is 74.7 Å². The van der Waals surface area contributed by atoms with Gasteiger partial charge in [0.2, 0.25) is 11.8 Å². The highest BCUT2D eigenvalue weighted by Gasteiger charge is 2.47. The van der Waals surface area contributed by atoms with E-state index in [0.29, 0.717) is 18.5 Å². The van der Waals surface area contributed by atoms with E-state index in [9.17, 15) is 14.4 Å². The second-order valence-electron chi connectivity index (χ2n) is 5.02. The standard InChI is InChI=1S/C15H13NO4/c17-13-11-3-1-2-4-12(11)14(18)16(13)10-7-5-9(6-8-10)15(19)20/h1-2,5-8,11-12H,3-4H2,(H,19,20)/t11-,12-/m1/s1. The number of aromatic carboxylic acids is 1. The quantitative estimate of drug-likeness (QED) is 0.658. The van der Waals surface area contributed by atoms with Gasteiger partial charge in [0, 0.05) is 0 Å². The lowest BCUT2D eigenvalue weighted by molar-refractivity contribution is -0.122. The van der Waals surface area contributed by atoms with Crippen molar-refractivity contribution in [3.8, 4) is 0 Å². The highest BCUT2D eigenvalue weighted by Crippen LogP contribution is 2.37. The molecule has 1 N–H and O–H groups in total. The number of carbonyl (C=O) groups is 3. The number of carboxylic acids is 1. The minimum Gasteiger partial charge on any atom is -0.478 e. The number of allylic oxidation sites excluding steroid dienone is 2. The molecule has 0 spiro atoms. The summed E-state index contributed by atoms with van der Waals surface area (Å²) in [4.78, 5) is 36.6. The molecule has 0 bridgehead atoms. The maximum absolute atomic E-state index is 12.3. The first-order valence-electron chi connectivity index (χ1n) is 6.46. The maximum Gasteiger partial charge on any atom is 0.335 e. The fourth-order valence-corrected chi connectivity index (χ4v) is 2.81. The van der Waals surface area contributed by atoms with Crippen molar-refractivity contribution in [2.75, 3.05) is 4.90 Å². The molecule has 2 amide bonds. The number of nitrogens with zero attached hydrogens (tertiary/aromatic N) is 1. The Bertz CT molecular complexity index is 591. The number of hydrogen-bond donors (Lipinski definition) is 1. The zero-order valence-electron chi connectivity index (χ0n) is 10.7. The normalized spacial score (nSPS) is 24.9. The first-order valence-corrected chi connectivity index (χ1v) is 6.46. The molecule has 0 radical (unpaired) electrons. The predicted molar refractivity (Wildman–Crippen MR) is 71.2 cm³/mol. The maximum atomic E-state index is 12.3. The lowest BCUT2D eigenvalue weighted by Crippen LogP contribution is -2.30. The monoisotopic (exact) mass is 271 g/mol. The summed E-state index contributed by atoms with van der Waals surface area (Å²) in [6, 6.07) is 5.81. The van der Waals surface area contributed by atoms with Gasteiger partial charge in [-0.3, -0.25) is 14.5 Å². The third-order valence-electron chi connectivity index (χ3n) is 3.88.